The second-order valence-electron chi connectivity index (χ2n) is 4.97. The number of halogens is 1. The number of carbonyl (C=O) groups is 1. The van der Waals surface area contributed by atoms with Crippen LogP contribution in [-0.2, 0) is 11.3 Å². The van der Waals surface area contributed by atoms with E-state index in [1.54, 1.807) is 19.2 Å². The summed E-state index contributed by atoms with van der Waals surface area (Å²) < 4.78 is 5.08. The van der Waals surface area contributed by atoms with Crippen molar-refractivity contribution in [3.8, 4) is 5.75 Å². The van der Waals surface area contributed by atoms with Gasteiger partial charge in [-0.05, 0) is 30.7 Å². The number of aryl methyl sites for hydroxylation is 1. The first kappa shape index (κ1) is 16.2. The molecule has 0 unspecified atom stereocenters. The SMILES string of the molecule is COc1ccc(NCC(=O)NCc2cccc(C)c2)cc1Cl. The van der Waals surface area contributed by atoms with Crippen molar-refractivity contribution in [3.05, 3.63) is 58.6 Å². The molecule has 0 spiro atoms. The largest absolute Gasteiger partial charge is 0.495 e. The Morgan fingerprint density at radius 3 is 2.73 bits per heavy atom. The summed E-state index contributed by atoms with van der Waals surface area (Å²) in [5.41, 5.74) is 3.04. The van der Waals surface area contributed by atoms with E-state index in [-0.39, 0.29) is 12.5 Å². The lowest BCUT2D eigenvalue weighted by molar-refractivity contribution is -0.119. The Bertz CT molecular complexity index is 659. The number of amides is 1. The van der Waals surface area contributed by atoms with Gasteiger partial charge in [-0.1, -0.05) is 41.4 Å². The molecule has 0 aliphatic rings. The van der Waals surface area contributed by atoms with Crippen LogP contribution in [0.15, 0.2) is 42.5 Å². The van der Waals surface area contributed by atoms with Crippen LogP contribution in [0.5, 0.6) is 5.75 Å². The van der Waals surface area contributed by atoms with Crippen LogP contribution >= 0.6 is 11.6 Å². The van der Waals surface area contributed by atoms with Crippen molar-refractivity contribution in [2.24, 2.45) is 0 Å². The Morgan fingerprint density at radius 1 is 1.23 bits per heavy atom. The summed E-state index contributed by atoms with van der Waals surface area (Å²) in [5, 5.41) is 6.41. The monoisotopic (exact) mass is 318 g/mol. The molecule has 22 heavy (non-hydrogen) atoms. The number of benzene rings is 2. The van der Waals surface area contributed by atoms with Crippen LogP contribution in [0.3, 0.4) is 0 Å². The summed E-state index contributed by atoms with van der Waals surface area (Å²) in [5.74, 6) is 0.532. The molecule has 0 bridgehead atoms. The van der Waals surface area contributed by atoms with E-state index in [9.17, 15) is 4.79 Å². The number of methoxy groups -OCH3 is 1. The third-order valence-corrected chi connectivity index (χ3v) is 3.47. The lowest BCUT2D eigenvalue weighted by atomic mass is 10.1. The molecule has 5 heteroatoms. The van der Waals surface area contributed by atoms with Gasteiger partial charge in [0.1, 0.15) is 5.75 Å². The average molecular weight is 319 g/mol. The maximum atomic E-state index is 11.9. The van der Waals surface area contributed by atoms with Crippen LogP contribution in [0, 0.1) is 6.92 Å². The van der Waals surface area contributed by atoms with Crippen molar-refractivity contribution in [1.82, 2.24) is 5.32 Å². The van der Waals surface area contributed by atoms with Gasteiger partial charge in [0.25, 0.3) is 0 Å². The molecule has 2 aromatic carbocycles. The van der Waals surface area contributed by atoms with Crippen LogP contribution in [-0.4, -0.2) is 19.6 Å². The predicted molar refractivity (Wildman–Crippen MR) is 89.5 cm³/mol. The van der Waals surface area contributed by atoms with E-state index in [4.69, 9.17) is 16.3 Å². The summed E-state index contributed by atoms with van der Waals surface area (Å²) in [6.45, 7) is 2.74. The Hall–Kier alpha value is -2.20. The molecule has 2 N–H and O–H groups in total. The Morgan fingerprint density at radius 2 is 2.05 bits per heavy atom. The Kier molecular flexibility index (Phi) is 5.67. The molecule has 0 aromatic heterocycles. The molecule has 0 saturated heterocycles. The van der Waals surface area contributed by atoms with Crippen molar-refractivity contribution in [2.75, 3.05) is 19.0 Å². The molecule has 116 valence electrons. The number of hydrogen-bond donors (Lipinski definition) is 2. The van der Waals surface area contributed by atoms with Gasteiger partial charge in [-0.3, -0.25) is 4.79 Å². The van der Waals surface area contributed by atoms with Crippen LogP contribution in [0.4, 0.5) is 5.69 Å². The Balaban J connectivity index is 1.81. The van der Waals surface area contributed by atoms with Gasteiger partial charge in [-0.15, -0.1) is 0 Å². The predicted octanol–water partition coefficient (Wildman–Crippen LogP) is 3.39. The van der Waals surface area contributed by atoms with Gasteiger partial charge in [0, 0.05) is 12.2 Å². The standard InChI is InChI=1S/C17H19ClN2O2/c1-12-4-3-5-13(8-12)10-20-17(21)11-19-14-6-7-16(22-2)15(18)9-14/h3-9,19H,10-11H2,1-2H3,(H,20,21). The molecular formula is C17H19ClN2O2. The quantitative estimate of drug-likeness (QED) is 0.858. The van der Waals surface area contributed by atoms with E-state index in [1.165, 1.54) is 5.56 Å². The summed E-state index contributed by atoms with van der Waals surface area (Å²) in [6.07, 6.45) is 0. The van der Waals surface area contributed by atoms with E-state index in [0.29, 0.717) is 17.3 Å². The molecule has 0 radical (unpaired) electrons. The maximum Gasteiger partial charge on any atom is 0.239 e. The number of nitrogens with one attached hydrogen (secondary N) is 2. The van der Waals surface area contributed by atoms with Gasteiger partial charge < -0.3 is 15.4 Å². The minimum atomic E-state index is -0.0755. The third kappa shape index (κ3) is 4.67. The molecule has 0 saturated carbocycles. The molecule has 4 nitrogen and oxygen atoms in total. The first-order chi connectivity index (χ1) is 10.6. The van der Waals surface area contributed by atoms with Gasteiger partial charge in [-0.2, -0.15) is 0 Å². The fraction of sp³-hybridized carbons (Fsp3) is 0.235. The highest BCUT2D eigenvalue weighted by Crippen LogP contribution is 2.26. The molecule has 2 rings (SSSR count). The molecule has 0 aliphatic carbocycles. The van der Waals surface area contributed by atoms with Crippen molar-refractivity contribution in [3.63, 3.8) is 0 Å². The second-order valence-corrected chi connectivity index (χ2v) is 5.38. The molecule has 0 heterocycles. The first-order valence-electron chi connectivity index (χ1n) is 6.98. The fourth-order valence-electron chi connectivity index (χ4n) is 2.04. The topological polar surface area (TPSA) is 50.4 Å². The molecule has 0 aliphatic heterocycles. The number of hydrogen-bond acceptors (Lipinski definition) is 3. The summed E-state index contributed by atoms with van der Waals surface area (Å²) in [6, 6.07) is 13.4. The number of anilines is 1. The zero-order chi connectivity index (χ0) is 15.9. The Labute approximate surface area is 135 Å². The molecule has 0 fully saturated rings. The van der Waals surface area contributed by atoms with Crippen LogP contribution < -0.4 is 15.4 Å². The van der Waals surface area contributed by atoms with E-state index in [1.807, 2.05) is 31.2 Å². The van der Waals surface area contributed by atoms with E-state index in [2.05, 4.69) is 16.7 Å². The fourth-order valence-corrected chi connectivity index (χ4v) is 2.30. The zero-order valence-corrected chi connectivity index (χ0v) is 13.4. The van der Waals surface area contributed by atoms with Crippen LogP contribution in [0.2, 0.25) is 5.02 Å². The smallest absolute Gasteiger partial charge is 0.239 e. The van der Waals surface area contributed by atoms with E-state index in [0.717, 1.165) is 11.3 Å². The highest BCUT2D eigenvalue weighted by molar-refractivity contribution is 6.32. The summed E-state index contributed by atoms with van der Waals surface area (Å²) in [4.78, 5) is 11.9. The maximum absolute atomic E-state index is 11.9. The number of rotatable bonds is 6. The lowest BCUT2D eigenvalue weighted by Gasteiger charge is -2.10. The number of ether oxygens (including phenoxy) is 1. The van der Waals surface area contributed by atoms with E-state index < -0.39 is 0 Å². The first-order valence-corrected chi connectivity index (χ1v) is 7.36. The summed E-state index contributed by atoms with van der Waals surface area (Å²) >= 11 is 6.04. The molecule has 2 aromatic rings. The van der Waals surface area contributed by atoms with Crippen molar-refractivity contribution < 1.29 is 9.53 Å². The van der Waals surface area contributed by atoms with Gasteiger partial charge in [-0.25, -0.2) is 0 Å². The molecule has 0 atom stereocenters. The van der Waals surface area contributed by atoms with E-state index >= 15 is 0 Å². The van der Waals surface area contributed by atoms with Gasteiger partial charge in [0.2, 0.25) is 5.91 Å². The average Bonchev–Trinajstić information content (AvgIpc) is 2.51. The van der Waals surface area contributed by atoms with Crippen molar-refractivity contribution in [2.45, 2.75) is 13.5 Å². The molecule has 1 amide bonds. The summed E-state index contributed by atoms with van der Waals surface area (Å²) in [7, 11) is 1.56. The number of carbonyl (C=O) groups excluding carboxylic acids is 1. The normalized spacial score (nSPS) is 10.1. The molecular weight excluding hydrogens is 300 g/mol. The van der Waals surface area contributed by atoms with Gasteiger partial charge in [0.15, 0.2) is 0 Å². The van der Waals surface area contributed by atoms with Crippen molar-refractivity contribution >= 4 is 23.2 Å². The highest BCUT2D eigenvalue weighted by atomic mass is 35.5. The lowest BCUT2D eigenvalue weighted by Crippen LogP contribution is -2.29. The van der Waals surface area contributed by atoms with Crippen LogP contribution in [0.25, 0.3) is 0 Å². The van der Waals surface area contributed by atoms with Crippen molar-refractivity contribution in [1.29, 1.82) is 0 Å². The minimum Gasteiger partial charge on any atom is -0.495 e. The zero-order valence-electron chi connectivity index (χ0n) is 12.7. The minimum absolute atomic E-state index is 0.0755. The highest BCUT2D eigenvalue weighted by Gasteiger charge is 2.04. The second kappa shape index (κ2) is 7.71. The van der Waals surface area contributed by atoms with Gasteiger partial charge >= 0.3 is 0 Å². The van der Waals surface area contributed by atoms with Crippen LogP contribution in [0.1, 0.15) is 11.1 Å². The van der Waals surface area contributed by atoms with Gasteiger partial charge in [0.05, 0.1) is 18.7 Å². The third-order valence-electron chi connectivity index (χ3n) is 3.18.